The van der Waals surface area contributed by atoms with E-state index in [1.54, 1.807) is 6.92 Å². The molecule has 0 fully saturated rings. The molecule has 0 spiro atoms. The number of hydrogen-bond acceptors (Lipinski definition) is 1. The fourth-order valence-electron chi connectivity index (χ4n) is 0.654. The van der Waals surface area contributed by atoms with Crippen LogP contribution >= 0.6 is 0 Å². The van der Waals surface area contributed by atoms with Crippen molar-refractivity contribution in [2.45, 2.75) is 6.92 Å². The van der Waals surface area contributed by atoms with Gasteiger partial charge in [-0.1, -0.05) is 5.92 Å². The van der Waals surface area contributed by atoms with Crippen molar-refractivity contribution in [3.8, 4) is 12.3 Å². The summed E-state index contributed by atoms with van der Waals surface area (Å²) >= 11 is 0. The molecule has 0 aliphatic carbocycles. The van der Waals surface area contributed by atoms with Crippen LogP contribution < -0.4 is 0 Å². The molecule has 10 heavy (non-hydrogen) atoms. The molecular weight excluding hydrogens is 129 g/mol. The minimum atomic E-state index is -0.437. The Morgan fingerprint density at radius 3 is 2.90 bits per heavy atom. The summed E-state index contributed by atoms with van der Waals surface area (Å²) in [6.07, 6.45) is 6.13. The Balaban J connectivity index is 3.25. The molecule has 1 nitrogen and oxygen atoms in total. The van der Waals surface area contributed by atoms with E-state index in [4.69, 9.17) is 6.42 Å². The number of halogens is 1. The van der Waals surface area contributed by atoms with E-state index in [1.165, 1.54) is 6.07 Å². The van der Waals surface area contributed by atoms with Crippen LogP contribution in [0.5, 0.6) is 0 Å². The van der Waals surface area contributed by atoms with E-state index in [0.29, 0.717) is 0 Å². The van der Waals surface area contributed by atoms with Crippen LogP contribution in [0.15, 0.2) is 12.3 Å². The Kier molecular flexibility index (Phi) is 1.68. The predicted octanol–water partition coefficient (Wildman–Crippen LogP) is 1.51. The van der Waals surface area contributed by atoms with Crippen molar-refractivity contribution < 1.29 is 4.39 Å². The third-order valence-corrected chi connectivity index (χ3v) is 1.15. The van der Waals surface area contributed by atoms with Gasteiger partial charge in [0.2, 0.25) is 0 Å². The predicted molar refractivity (Wildman–Crippen MR) is 36.9 cm³/mol. The van der Waals surface area contributed by atoms with Gasteiger partial charge in [0.05, 0.1) is 11.8 Å². The summed E-state index contributed by atoms with van der Waals surface area (Å²) in [7, 11) is 0. The zero-order valence-electron chi connectivity index (χ0n) is 5.56. The van der Waals surface area contributed by atoms with Gasteiger partial charge in [0.15, 0.2) is 5.82 Å². The van der Waals surface area contributed by atoms with Gasteiger partial charge in [-0.2, -0.15) is 0 Å². The lowest BCUT2D eigenvalue weighted by Gasteiger charge is -1.93. The Morgan fingerprint density at radius 2 is 2.40 bits per heavy atom. The maximum Gasteiger partial charge on any atom is 0.157 e. The van der Waals surface area contributed by atoms with Crippen molar-refractivity contribution >= 4 is 0 Å². The summed E-state index contributed by atoms with van der Waals surface area (Å²) in [4.78, 5) is 3.72. The van der Waals surface area contributed by atoms with Crippen LogP contribution in [0.25, 0.3) is 0 Å². The first-order chi connectivity index (χ1) is 4.74. The SMILES string of the molecule is C#Cc1cc(C)ncc1F. The van der Waals surface area contributed by atoms with Crippen LogP contribution in [0.1, 0.15) is 11.3 Å². The molecule has 50 valence electrons. The number of aryl methyl sites for hydroxylation is 1. The van der Waals surface area contributed by atoms with Gasteiger partial charge in [-0.25, -0.2) is 4.39 Å². The van der Waals surface area contributed by atoms with E-state index in [9.17, 15) is 4.39 Å². The Bertz CT molecular complexity index is 286. The second-order valence-electron chi connectivity index (χ2n) is 1.95. The summed E-state index contributed by atoms with van der Waals surface area (Å²) < 4.78 is 12.6. The minimum Gasteiger partial charge on any atom is -0.258 e. The smallest absolute Gasteiger partial charge is 0.157 e. The summed E-state index contributed by atoms with van der Waals surface area (Å²) in [6, 6.07) is 1.54. The van der Waals surface area contributed by atoms with Crippen molar-refractivity contribution in [1.29, 1.82) is 0 Å². The van der Waals surface area contributed by atoms with E-state index in [0.717, 1.165) is 11.9 Å². The summed E-state index contributed by atoms with van der Waals surface area (Å²) in [5.74, 6) is 1.78. The molecule has 0 amide bonds. The summed E-state index contributed by atoms with van der Waals surface area (Å²) in [5, 5.41) is 0. The maximum absolute atomic E-state index is 12.6. The molecule has 1 heterocycles. The molecule has 0 aliphatic rings. The Hall–Kier alpha value is -1.36. The number of terminal acetylenes is 1. The molecule has 1 aromatic heterocycles. The van der Waals surface area contributed by atoms with Crippen LogP contribution in [0.2, 0.25) is 0 Å². The molecule has 0 aliphatic heterocycles. The maximum atomic E-state index is 12.6. The molecule has 0 unspecified atom stereocenters. The van der Waals surface area contributed by atoms with Gasteiger partial charge in [-0.3, -0.25) is 4.98 Å². The lowest BCUT2D eigenvalue weighted by Crippen LogP contribution is -1.87. The van der Waals surface area contributed by atoms with Crippen LogP contribution in [0.4, 0.5) is 4.39 Å². The lowest BCUT2D eigenvalue weighted by molar-refractivity contribution is 0.616. The fraction of sp³-hybridized carbons (Fsp3) is 0.125. The van der Waals surface area contributed by atoms with Crippen LogP contribution in [0.3, 0.4) is 0 Å². The molecule has 0 N–H and O–H groups in total. The minimum absolute atomic E-state index is 0.271. The molecule has 0 radical (unpaired) electrons. The molecule has 1 rings (SSSR count). The van der Waals surface area contributed by atoms with E-state index in [-0.39, 0.29) is 5.56 Å². The summed E-state index contributed by atoms with van der Waals surface area (Å²) in [5.41, 5.74) is 1.00. The first-order valence-electron chi connectivity index (χ1n) is 2.83. The van der Waals surface area contributed by atoms with Gasteiger partial charge in [-0.05, 0) is 13.0 Å². The number of nitrogens with zero attached hydrogens (tertiary/aromatic N) is 1. The molecule has 0 bridgehead atoms. The second kappa shape index (κ2) is 2.49. The highest BCUT2D eigenvalue weighted by atomic mass is 19.1. The van der Waals surface area contributed by atoms with Gasteiger partial charge >= 0.3 is 0 Å². The third kappa shape index (κ3) is 1.14. The van der Waals surface area contributed by atoms with Crippen molar-refractivity contribution in [2.24, 2.45) is 0 Å². The third-order valence-electron chi connectivity index (χ3n) is 1.15. The van der Waals surface area contributed by atoms with E-state index in [1.807, 2.05) is 0 Å². The highest BCUT2D eigenvalue weighted by Gasteiger charge is 1.97. The van der Waals surface area contributed by atoms with Gasteiger partial charge < -0.3 is 0 Å². The van der Waals surface area contributed by atoms with Gasteiger partial charge in [-0.15, -0.1) is 6.42 Å². The highest BCUT2D eigenvalue weighted by Crippen LogP contribution is 2.04. The largest absolute Gasteiger partial charge is 0.258 e. The Labute approximate surface area is 58.9 Å². The quantitative estimate of drug-likeness (QED) is 0.491. The number of hydrogen-bond donors (Lipinski definition) is 0. The molecule has 0 saturated heterocycles. The van der Waals surface area contributed by atoms with E-state index < -0.39 is 5.82 Å². The molecule has 0 atom stereocenters. The second-order valence-corrected chi connectivity index (χ2v) is 1.95. The van der Waals surface area contributed by atoms with E-state index in [2.05, 4.69) is 10.9 Å². The fourth-order valence-corrected chi connectivity index (χ4v) is 0.654. The molecule has 1 aromatic rings. The standard InChI is InChI=1S/C8H6FN/c1-3-7-4-6(2)10-5-8(7)9/h1,4-5H,2H3. The summed E-state index contributed by atoms with van der Waals surface area (Å²) in [6.45, 7) is 1.76. The lowest BCUT2D eigenvalue weighted by atomic mass is 10.2. The monoisotopic (exact) mass is 135 g/mol. The van der Waals surface area contributed by atoms with Crippen LogP contribution in [-0.2, 0) is 0 Å². The van der Waals surface area contributed by atoms with Crippen molar-refractivity contribution in [3.05, 3.63) is 29.3 Å². The topological polar surface area (TPSA) is 12.9 Å². The number of aromatic nitrogens is 1. The van der Waals surface area contributed by atoms with Gasteiger partial charge in [0, 0.05) is 5.69 Å². The highest BCUT2D eigenvalue weighted by molar-refractivity contribution is 5.32. The average molecular weight is 135 g/mol. The molecule has 0 saturated carbocycles. The zero-order chi connectivity index (χ0) is 7.56. The van der Waals surface area contributed by atoms with Crippen molar-refractivity contribution in [3.63, 3.8) is 0 Å². The first-order valence-corrected chi connectivity index (χ1v) is 2.83. The molecule has 0 aromatic carbocycles. The zero-order valence-corrected chi connectivity index (χ0v) is 5.56. The molecular formula is C8H6FN. The number of rotatable bonds is 0. The van der Waals surface area contributed by atoms with Gasteiger partial charge in [0.1, 0.15) is 0 Å². The van der Waals surface area contributed by atoms with Crippen molar-refractivity contribution in [1.82, 2.24) is 4.98 Å². The average Bonchev–Trinajstić information content (AvgIpc) is 1.94. The normalized spacial score (nSPS) is 8.90. The molecule has 2 heteroatoms. The number of pyridine rings is 1. The van der Waals surface area contributed by atoms with E-state index >= 15 is 0 Å². The first kappa shape index (κ1) is 6.76. The Morgan fingerprint density at radius 1 is 1.70 bits per heavy atom. The van der Waals surface area contributed by atoms with Crippen LogP contribution in [0, 0.1) is 25.1 Å². The van der Waals surface area contributed by atoms with Gasteiger partial charge in [0.25, 0.3) is 0 Å². The van der Waals surface area contributed by atoms with Crippen LogP contribution in [-0.4, -0.2) is 4.98 Å². The van der Waals surface area contributed by atoms with Crippen molar-refractivity contribution in [2.75, 3.05) is 0 Å².